The number of amides is 1. The number of ether oxygens (including phenoxy) is 1. The molecule has 0 saturated carbocycles. The van der Waals surface area contributed by atoms with E-state index in [1.165, 1.54) is 0 Å². The Morgan fingerprint density at radius 2 is 2.45 bits per heavy atom. The molecule has 0 aliphatic carbocycles. The summed E-state index contributed by atoms with van der Waals surface area (Å²) in [5.74, 6) is 1.20. The summed E-state index contributed by atoms with van der Waals surface area (Å²) >= 11 is 0. The minimum atomic E-state index is -0.832. The van der Waals surface area contributed by atoms with E-state index in [4.69, 9.17) is 10.5 Å². The third kappa shape index (κ3) is 2.31. The van der Waals surface area contributed by atoms with Crippen molar-refractivity contribution < 1.29 is 9.53 Å². The fourth-order valence-corrected chi connectivity index (χ4v) is 3.10. The van der Waals surface area contributed by atoms with Gasteiger partial charge in [-0.05, 0) is 19.3 Å². The highest BCUT2D eigenvalue weighted by atomic mass is 16.5. The SMILES string of the molecule is Cn1cnnc1C1CCCN(C(=O)C2(N)CCOC2)C1. The maximum atomic E-state index is 12.6. The Labute approximate surface area is 118 Å². The van der Waals surface area contributed by atoms with Crippen molar-refractivity contribution in [3.05, 3.63) is 12.2 Å². The second kappa shape index (κ2) is 5.14. The average Bonchev–Trinajstić information content (AvgIpc) is 3.08. The van der Waals surface area contributed by atoms with E-state index in [9.17, 15) is 4.79 Å². The van der Waals surface area contributed by atoms with Crippen LogP contribution in [0.5, 0.6) is 0 Å². The molecule has 2 unspecified atom stereocenters. The van der Waals surface area contributed by atoms with E-state index in [1.54, 1.807) is 6.33 Å². The van der Waals surface area contributed by atoms with Crippen LogP contribution in [0.3, 0.4) is 0 Å². The number of hydrogen-bond acceptors (Lipinski definition) is 5. The lowest BCUT2D eigenvalue weighted by Crippen LogP contribution is -2.57. The molecule has 2 saturated heterocycles. The Hall–Kier alpha value is -1.47. The van der Waals surface area contributed by atoms with Crippen LogP contribution in [0.2, 0.25) is 0 Å². The molecule has 1 aromatic heterocycles. The molecule has 110 valence electrons. The van der Waals surface area contributed by atoms with E-state index >= 15 is 0 Å². The fraction of sp³-hybridized carbons (Fsp3) is 0.769. The standard InChI is InChI=1S/C13H21N5O2/c1-17-9-15-16-11(17)10-3-2-5-18(7-10)12(19)13(14)4-6-20-8-13/h9-10H,2-8,14H2,1H3. The molecule has 7 nitrogen and oxygen atoms in total. The topological polar surface area (TPSA) is 86.3 Å². The van der Waals surface area contributed by atoms with Gasteiger partial charge in [-0.2, -0.15) is 0 Å². The predicted molar refractivity (Wildman–Crippen MR) is 71.9 cm³/mol. The summed E-state index contributed by atoms with van der Waals surface area (Å²) in [5.41, 5.74) is 5.35. The molecule has 2 N–H and O–H groups in total. The summed E-state index contributed by atoms with van der Waals surface area (Å²) in [6.45, 7) is 2.34. The number of rotatable bonds is 2. The van der Waals surface area contributed by atoms with Gasteiger partial charge in [-0.15, -0.1) is 10.2 Å². The van der Waals surface area contributed by atoms with Crippen LogP contribution in [-0.2, 0) is 16.6 Å². The summed E-state index contributed by atoms with van der Waals surface area (Å²) in [6, 6.07) is 0. The Kier molecular flexibility index (Phi) is 3.47. The van der Waals surface area contributed by atoms with Crippen molar-refractivity contribution in [1.82, 2.24) is 19.7 Å². The van der Waals surface area contributed by atoms with Gasteiger partial charge in [0.25, 0.3) is 0 Å². The summed E-state index contributed by atoms with van der Waals surface area (Å²) in [7, 11) is 1.94. The van der Waals surface area contributed by atoms with Crippen LogP contribution in [0.15, 0.2) is 6.33 Å². The molecular formula is C13H21N5O2. The monoisotopic (exact) mass is 279 g/mol. The molecule has 3 rings (SSSR count). The van der Waals surface area contributed by atoms with E-state index in [0.29, 0.717) is 26.2 Å². The first-order chi connectivity index (χ1) is 9.60. The number of hydrogen-bond donors (Lipinski definition) is 1. The van der Waals surface area contributed by atoms with E-state index in [-0.39, 0.29) is 11.8 Å². The number of nitrogens with two attached hydrogens (primary N) is 1. The first kappa shape index (κ1) is 13.5. The van der Waals surface area contributed by atoms with Gasteiger partial charge in [0.1, 0.15) is 17.7 Å². The van der Waals surface area contributed by atoms with Gasteiger partial charge in [0.05, 0.1) is 6.61 Å². The van der Waals surface area contributed by atoms with E-state index < -0.39 is 5.54 Å². The number of nitrogens with zero attached hydrogens (tertiary/aromatic N) is 4. The second-order valence-electron chi connectivity index (χ2n) is 5.85. The zero-order valence-electron chi connectivity index (χ0n) is 11.8. The maximum absolute atomic E-state index is 12.6. The molecule has 7 heteroatoms. The quantitative estimate of drug-likeness (QED) is 0.799. The van der Waals surface area contributed by atoms with Crippen molar-refractivity contribution in [2.75, 3.05) is 26.3 Å². The summed E-state index contributed by atoms with van der Waals surface area (Å²) < 4.78 is 7.22. The first-order valence-electron chi connectivity index (χ1n) is 7.10. The maximum Gasteiger partial charge on any atom is 0.245 e. The lowest BCUT2D eigenvalue weighted by atomic mass is 9.93. The Morgan fingerprint density at radius 1 is 1.60 bits per heavy atom. The van der Waals surface area contributed by atoms with Gasteiger partial charge < -0.3 is 19.9 Å². The predicted octanol–water partition coefficient (Wildman–Crippen LogP) is -0.361. The van der Waals surface area contributed by atoms with Crippen molar-refractivity contribution in [1.29, 1.82) is 0 Å². The van der Waals surface area contributed by atoms with Crippen LogP contribution in [0.25, 0.3) is 0 Å². The summed E-state index contributed by atoms with van der Waals surface area (Å²) in [6.07, 6.45) is 4.31. The van der Waals surface area contributed by atoms with Gasteiger partial charge in [-0.25, -0.2) is 0 Å². The molecular weight excluding hydrogens is 258 g/mol. The van der Waals surface area contributed by atoms with Gasteiger partial charge >= 0.3 is 0 Å². The molecule has 2 aliphatic rings. The molecule has 1 amide bonds. The smallest absolute Gasteiger partial charge is 0.245 e. The van der Waals surface area contributed by atoms with E-state index in [0.717, 1.165) is 25.2 Å². The molecule has 1 aromatic rings. The van der Waals surface area contributed by atoms with Gasteiger partial charge in [0, 0.05) is 32.7 Å². The van der Waals surface area contributed by atoms with Gasteiger partial charge in [-0.1, -0.05) is 0 Å². The highest BCUT2D eigenvalue weighted by Crippen LogP contribution is 2.28. The molecule has 0 spiro atoms. The Bertz CT molecular complexity index is 495. The van der Waals surface area contributed by atoms with Crippen molar-refractivity contribution in [3.63, 3.8) is 0 Å². The molecule has 2 aliphatic heterocycles. The Morgan fingerprint density at radius 3 is 3.10 bits per heavy atom. The van der Waals surface area contributed by atoms with Gasteiger partial charge in [-0.3, -0.25) is 4.79 Å². The molecule has 2 atom stereocenters. The molecule has 0 bridgehead atoms. The lowest BCUT2D eigenvalue weighted by Gasteiger charge is -2.36. The van der Waals surface area contributed by atoms with Crippen molar-refractivity contribution in [3.8, 4) is 0 Å². The number of aromatic nitrogens is 3. The first-order valence-corrected chi connectivity index (χ1v) is 7.10. The van der Waals surface area contributed by atoms with Crippen molar-refractivity contribution in [2.45, 2.75) is 30.7 Å². The summed E-state index contributed by atoms with van der Waals surface area (Å²) in [4.78, 5) is 14.5. The molecule has 20 heavy (non-hydrogen) atoms. The molecule has 2 fully saturated rings. The van der Waals surface area contributed by atoms with Crippen molar-refractivity contribution >= 4 is 5.91 Å². The number of piperidine rings is 1. The van der Waals surface area contributed by atoms with Crippen LogP contribution in [0, 0.1) is 0 Å². The minimum absolute atomic E-state index is 0.0156. The normalized spacial score (nSPS) is 30.7. The highest BCUT2D eigenvalue weighted by molar-refractivity contribution is 5.86. The van der Waals surface area contributed by atoms with Crippen LogP contribution >= 0.6 is 0 Å². The van der Waals surface area contributed by atoms with Gasteiger partial charge in [0.15, 0.2) is 0 Å². The second-order valence-corrected chi connectivity index (χ2v) is 5.85. The number of carbonyl (C=O) groups excluding carboxylic acids is 1. The van der Waals surface area contributed by atoms with Crippen molar-refractivity contribution in [2.24, 2.45) is 12.8 Å². The highest BCUT2D eigenvalue weighted by Gasteiger charge is 2.42. The van der Waals surface area contributed by atoms with Crippen LogP contribution in [-0.4, -0.2) is 57.4 Å². The molecule has 3 heterocycles. The lowest BCUT2D eigenvalue weighted by molar-refractivity contribution is -0.138. The molecule has 0 aromatic carbocycles. The van der Waals surface area contributed by atoms with Crippen LogP contribution < -0.4 is 5.73 Å². The average molecular weight is 279 g/mol. The third-order valence-electron chi connectivity index (χ3n) is 4.30. The fourth-order valence-electron chi connectivity index (χ4n) is 3.10. The van der Waals surface area contributed by atoms with Crippen LogP contribution in [0.4, 0.5) is 0 Å². The summed E-state index contributed by atoms with van der Waals surface area (Å²) in [5, 5.41) is 8.09. The number of aryl methyl sites for hydroxylation is 1. The van der Waals surface area contributed by atoms with E-state index in [2.05, 4.69) is 10.2 Å². The van der Waals surface area contributed by atoms with Crippen LogP contribution in [0.1, 0.15) is 31.0 Å². The largest absolute Gasteiger partial charge is 0.379 e. The third-order valence-corrected chi connectivity index (χ3v) is 4.30. The van der Waals surface area contributed by atoms with E-state index in [1.807, 2.05) is 16.5 Å². The Balaban J connectivity index is 1.72. The molecule has 0 radical (unpaired) electrons. The zero-order valence-corrected chi connectivity index (χ0v) is 11.8. The zero-order chi connectivity index (χ0) is 14.2. The van der Waals surface area contributed by atoms with Gasteiger partial charge in [0.2, 0.25) is 5.91 Å². The number of likely N-dealkylation sites (tertiary alicyclic amines) is 1. The number of carbonyl (C=O) groups is 1. The minimum Gasteiger partial charge on any atom is -0.379 e.